The van der Waals surface area contributed by atoms with Gasteiger partial charge in [0.15, 0.2) is 5.96 Å². The number of aliphatic imine (C=N–C) groups is 1. The maximum Gasteiger partial charge on any atom is 0.191 e. The van der Waals surface area contributed by atoms with Gasteiger partial charge in [-0.15, -0.1) is 24.0 Å². The summed E-state index contributed by atoms with van der Waals surface area (Å²) in [5.74, 6) is 1.57. The smallest absolute Gasteiger partial charge is 0.191 e. The zero-order valence-corrected chi connectivity index (χ0v) is 22.0. The Morgan fingerprint density at radius 1 is 1.06 bits per heavy atom. The summed E-state index contributed by atoms with van der Waals surface area (Å²) in [6, 6.07) is 18.1. The SMILES string of the molecule is CCNC(=NCc1ccc(COc2ccccc2)cc1)NCC(C)(O)CN1CCOCC1.I. The first-order valence-corrected chi connectivity index (χ1v) is 11.3. The summed E-state index contributed by atoms with van der Waals surface area (Å²) >= 11 is 0. The fraction of sp³-hybridized carbons (Fsp3) is 0.480. The average Bonchev–Trinajstić information content (AvgIpc) is 2.81. The van der Waals surface area contributed by atoms with Crippen LogP contribution in [0.5, 0.6) is 5.75 Å². The Labute approximate surface area is 214 Å². The van der Waals surface area contributed by atoms with Crippen LogP contribution in [0.25, 0.3) is 0 Å². The molecule has 2 aromatic carbocycles. The molecule has 1 aliphatic heterocycles. The van der Waals surface area contributed by atoms with Crippen LogP contribution in [0.4, 0.5) is 0 Å². The molecule has 1 aliphatic rings. The molecule has 0 aliphatic carbocycles. The Hall–Kier alpha value is -1.88. The first-order chi connectivity index (χ1) is 15.5. The van der Waals surface area contributed by atoms with Crippen LogP contribution in [0.2, 0.25) is 0 Å². The lowest BCUT2D eigenvalue weighted by Gasteiger charge is -2.34. The Kier molecular flexibility index (Phi) is 11.9. The second kappa shape index (κ2) is 14.4. The predicted octanol–water partition coefficient (Wildman–Crippen LogP) is 3.02. The van der Waals surface area contributed by atoms with Crippen molar-refractivity contribution < 1.29 is 14.6 Å². The highest BCUT2D eigenvalue weighted by molar-refractivity contribution is 14.0. The average molecular weight is 569 g/mol. The number of rotatable bonds is 10. The minimum absolute atomic E-state index is 0. The van der Waals surface area contributed by atoms with Crippen molar-refractivity contribution in [3.8, 4) is 5.75 Å². The van der Waals surface area contributed by atoms with E-state index in [0.717, 1.165) is 49.7 Å². The van der Waals surface area contributed by atoms with Crippen molar-refractivity contribution >= 4 is 29.9 Å². The second-order valence-corrected chi connectivity index (χ2v) is 8.35. The Morgan fingerprint density at radius 3 is 2.39 bits per heavy atom. The quantitative estimate of drug-likeness (QED) is 0.233. The van der Waals surface area contributed by atoms with Crippen LogP contribution in [0, 0.1) is 0 Å². The molecule has 1 fully saturated rings. The fourth-order valence-corrected chi connectivity index (χ4v) is 3.51. The van der Waals surface area contributed by atoms with E-state index in [1.54, 1.807) is 0 Å². The molecule has 1 heterocycles. The van der Waals surface area contributed by atoms with E-state index in [1.165, 1.54) is 0 Å². The first kappa shape index (κ1) is 27.4. The van der Waals surface area contributed by atoms with E-state index in [9.17, 15) is 5.11 Å². The zero-order chi connectivity index (χ0) is 22.7. The summed E-state index contributed by atoms with van der Waals surface area (Å²) < 4.78 is 11.2. The first-order valence-electron chi connectivity index (χ1n) is 11.3. The normalized spacial score (nSPS) is 16.4. The van der Waals surface area contributed by atoms with Gasteiger partial charge in [-0.25, -0.2) is 4.99 Å². The summed E-state index contributed by atoms with van der Waals surface area (Å²) in [7, 11) is 0. The van der Waals surface area contributed by atoms with Crippen LogP contribution < -0.4 is 15.4 Å². The Bertz CT molecular complexity index is 825. The number of hydrogen-bond acceptors (Lipinski definition) is 5. The van der Waals surface area contributed by atoms with Crippen molar-refractivity contribution in [2.75, 3.05) is 45.9 Å². The molecule has 182 valence electrons. The molecule has 0 saturated carbocycles. The minimum atomic E-state index is -0.853. The molecule has 0 aromatic heterocycles. The number of guanidine groups is 1. The van der Waals surface area contributed by atoms with Crippen LogP contribution in [0.3, 0.4) is 0 Å². The molecule has 33 heavy (non-hydrogen) atoms. The Morgan fingerprint density at radius 2 is 1.73 bits per heavy atom. The number of para-hydroxylation sites is 1. The number of nitrogens with one attached hydrogen (secondary N) is 2. The van der Waals surface area contributed by atoms with E-state index >= 15 is 0 Å². The van der Waals surface area contributed by atoms with Crippen molar-refractivity contribution in [3.63, 3.8) is 0 Å². The van der Waals surface area contributed by atoms with Crippen molar-refractivity contribution in [2.24, 2.45) is 4.99 Å². The summed E-state index contributed by atoms with van der Waals surface area (Å²) in [4.78, 5) is 6.91. The van der Waals surface area contributed by atoms with Crippen LogP contribution in [0.1, 0.15) is 25.0 Å². The lowest BCUT2D eigenvalue weighted by molar-refractivity contribution is -0.0201. The van der Waals surface area contributed by atoms with E-state index in [1.807, 2.05) is 44.2 Å². The standard InChI is InChI=1S/C25H36N4O3.HI/c1-3-26-24(28-19-25(2,30)20-29-13-15-31-16-14-29)27-17-21-9-11-22(12-10-21)18-32-23-7-5-4-6-8-23;/h4-12,30H,3,13-20H2,1-2H3,(H2,26,27,28);1H. The monoisotopic (exact) mass is 568 g/mol. The lowest BCUT2D eigenvalue weighted by atomic mass is 10.1. The van der Waals surface area contributed by atoms with E-state index in [-0.39, 0.29) is 24.0 Å². The number of hydrogen-bond donors (Lipinski definition) is 3. The number of morpholine rings is 1. The van der Waals surface area contributed by atoms with Gasteiger partial charge in [0.05, 0.1) is 25.4 Å². The molecule has 2 aromatic rings. The van der Waals surface area contributed by atoms with Crippen LogP contribution >= 0.6 is 24.0 Å². The molecule has 3 N–H and O–H groups in total. The van der Waals surface area contributed by atoms with Gasteiger partial charge >= 0.3 is 0 Å². The van der Waals surface area contributed by atoms with Crippen LogP contribution in [-0.4, -0.2) is 67.5 Å². The highest BCUT2D eigenvalue weighted by Crippen LogP contribution is 2.13. The number of aliphatic hydroxyl groups is 1. The topological polar surface area (TPSA) is 78.4 Å². The molecule has 1 saturated heterocycles. The Balaban J connectivity index is 0.00000385. The van der Waals surface area contributed by atoms with E-state index in [2.05, 4.69) is 44.8 Å². The zero-order valence-electron chi connectivity index (χ0n) is 19.6. The minimum Gasteiger partial charge on any atom is -0.489 e. The van der Waals surface area contributed by atoms with Crippen LogP contribution in [-0.2, 0) is 17.9 Å². The van der Waals surface area contributed by atoms with Gasteiger partial charge in [-0.2, -0.15) is 0 Å². The molecule has 8 heteroatoms. The van der Waals surface area contributed by atoms with E-state index < -0.39 is 5.60 Å². The summed E-state index contributed by atoms with van der Waals surface area (Å²) in [6.07, 6.45) is 0. The summed E-state index contributed by atoms with van der Waals surface area (Å²) in [5, 5.41) is 17.3. The molecule has 0 spiro atoms. The molecular formula is C25H37IN4O3. The lowest BCUT2D eigenvalue weighted by Crippen LogP contribution is -2.52. The third-order valence-corrected chi connectivity index (χ3v) is 5.24. The number of nitrogens with zero attached hydrogens (tertiary/aromatic N) is 2. The highest BCUT2D eigenvalue weighted by atomic mass is 127. The maximum absolute atomic E-state index is 10.8. The molecule has 0 radical (unpaired) electrons. The second-order valence-electron chi connectivity index (χ2n) is 8.35. The van der Waals surface area contributed by atoms with Gasteiger partial charge in [0.2, 0.25) is 0 Å². The van der Waals surface area contributed by atoms with Gasteiger partial charge < -0.3 is 25.2 Å². The largest absolute Gasteiger partial charge is 0.489 e. The van der Waals surface area contributed by atoms with Gasteiger partial charge in [0.25, 0.3) is 0 Å². The predicted molar refractivity (Wildman–Crippen MR) is 143 cm³/mol. The maximum atomic E-state index is 10.8. The van der Waals surface area contributed by atoms with Crippen molar-refractivity contribution in [1.82, 2.24) is 15.5 Å². The van der Waals surface area contributed by atoms with Gasteiger partial charge in [-0.1, -0.05) is 42.5 Å². The molecule has 7 nitrogen and oxygen atoms in total. The number of ether oxygens (including phenoxy) is 2. The summed E-state index contributed by atoms with van der Waals surface area (Å²) in [6.45, 7) is 9.94. The number of β-amino-alcohol motifs (C(OH)–C–C–N with tert-alkyl or cyclic N) is 1. The number of benzene rings is 2. The molecule has 1 unspecified atom stereocenters. The highest BCUT2D eigenvalue weighted by Gasteiger charge is 2.25. The number of halogens is 1. The third kappa shape index (κ3) is 10.3. The van der Waals surface area contributed by atoms with Gasteiger partial charge in [-0.05, 0) is 37.1 Å². The van der Waals surface area contributed by atoms with Gasteiger partial charge in [0.1, 0.15) is 12.4 Å². The summed E-state index contributed by atoms with van der Waals surface area (Å²) in [5.41, 5.74) is 1.38. The molecular weight excluding hydrogens is 531 g/mol. The van der Waals surface area contributed by atoms with E-state index in [4.69, 9.17) is 9.47 Å². The molecule has 3 rings (SSSR count). The van der Waals surface area contributed by atoms with Crippen molar-refractivity contribution in [1.29, 1.82) is 0 Å². The van der Waals surface area contributed by atoms with Gasteiger partial charge in [-0.3, -0.25) is 4.90 Å². The third-order valence-electron chi connectivity index (χ3n) is 5.24. The van der Waals surface area contributed by atoms with Crippen molar-refractivity contribution in [3.05, 3.63) is 65.7 Å². The van der Waals surface area contributed by atoms with Crippen molar-refractivity contribution in [2.45, 2.75) is 32.6 Å². The van der Waals surface area contributed by atoms with E-state index in [0.29, 0.717) is 32.2 Å². The molecule has 0 amide bonds. The molecule has 1 atom stereocenters. The molecule has 0 bridgehead atoms. The fourth-order valence-electron chi connectivity index (χ4n) is 3.51. The van der Waals surface area contributed by atoms with Gasteiger partial charge in [0, 0.05) is 32.7 Å². The van der Waals surface area contributed by atoms with Crippen LogP contribution in [0.15, 0.2) is 59.6 Å².